The molecule has 120 valence electrons. The number of nitrogens with zero attached hydrogens (tertiary/aromatic N) is 3. The normalized spacial score (nSPS) is 13.4. The standard InChI is InChI=1S/C22H18N3/c1-13(2)15-10-9-14-12-24-18-8-4-3-6-16(18)22-17-7-5-11-23-20(17)19(15)21(14)25(22)24/h3-11,13H,12H2,1-2H3/q+1. The van der Waals surface area contributed by atoms with E-state index in [2.05, 4.69) is 71.6 Å². The third-order valence-corrected chi connectivity index (χ3v) is 5.64. The zero-order chi connectivity index (χ0) is 16.7. The lowest BCUT2D eigenvalue weighted by atomic mass is 9.94. The van der Waals surface area contributed by atoms with Crippen molar-refractivity contribution >= 4 is 38.2 Å². The molecule has 25 heavy (non-hydrogen) atoms. The van der Waals surface area contributed by atoms with Gasteiger partial charge in [-0.15, -0.1) is 4.68 Å². The molecule has 0 spiro atoms. The summed E-state index contributed by atoms with van der Waals surface area (Å²) in [5.41, 5.74) is 7.82. The van der Waals surface area contributed by atoms with Crippen LogP contribution in [0.4, 0.5) is 0 Å². The minimum atomic E-state index is 0.468. The molecule has 0 fully saturated rings. The molecule has 5 aromatic rings. The molecule has 0 atom stereocenters. The van der Waals surface area contributed by atoms with Crippen LogP contribution in [0, 0.1) is 0 Å². The molecule has 1 aliphatic rings. The molecule has 0 saturated heterocycles. The van der Waals surface area contributed by atoms with Crippen LogP contribution in [0.3, 0.4) is 0 Å². The van der Waals surface area contributed by atoms with Crippen molar-refractivity contribution < 1.29 is 4.52 Å². The second-order valence-corrected chi connectivity index (χ2v) is 7.33. The number of hydrogen-bond acceptors (Lipinski definition) is 1. The Hall–Kier alpha value is -2.94. The molecule has 3 aromatic heterocycles. The Labute approximate surface area is 145 Å². The fourth-order valence-electron chi connectivity index (χ4n) is 4.60. The number of aromatic nitrogens is 3. The molecule has 0 N–H and O–H groups in total. The van der Waals surface area contributed by atoms with Gasteiger partial charge < -0.3 is 0 Å². The Bertz CT molecular complexity index is 1340. The van der Waals surface area contributed by atoms with E-state index in [0.29, 0.717) is 5.92 Å². The summed E-state index contributed by atoms with van der Waals surface area (Å²) in [5.74, 6) is 0.468. The van der Waals surface area contributed by atoms with Crippen molar-refractivity contribution in [1.82, 2.24) is 9.67 Å². The first-order valence-electron chi connectivity index (χ1n) is 8.91. The zero-order valence-electron chi connectivity index (χ0n) is 14.3. The Morgan fingerprint density at radius 3 is 2.68 bits per heavy atom. The van der Waals surface area contributed by atoms with Gasteiger partial charge >= 0.3 is 0 Å². The highest BCUT2D eigenvalue weighted by Crippen LogP contribution is 2.37. The van der Waals surface area contributed by atoms with Gasteiger partial charge in [-0.2, -0.15) is 0 Å². The molecule has 0 amide bonds. The lowest BCUT2D eigenvalue weighted by Crippen LogP contribution is -2.29. The van der Waals surface area contributed by atoms with E-state index in [1.165, 1.54) is 43.8 Å². The fraction of sp³-hybridized carbons (Fsp3) is 0.182. The maximum atomic E-state index is 4.83. The summed E-state index contributed by atoms with van der Waals surface area (Å²) in [6.45, 7) is 5.46. The summed E-state index contributed by atoms with van der Waals surface area (Å²) in [7, 11) is 0. The number of fused-ring (bicyclic) bond motifs is 6. The van der Waals surface area contributed by atoms with Crippen LogP contribution in [-0.2, 0) is 6.54 Å². The molecule has 0 saturated carbocycles. The average molecular weight is 324 g/mol. The molecular formula is C22H18N3+. The van der Waals surface area contributed by atoms with Crippen LogP contribution in [0.15, 0.2) is 54.7 Å². The summed E-state index contributed by atoms with van der Waals surface area (Å²) in [4.78, 5) is 4.83. The van der Waals surface area contributed by atoms with Crippen molar-refractivity contribution in [2.75, 3.05) is 0 Å². The monoisotopic (exact) mass is 324 g/mol. The number of rotatable bonds is 1. The molecule has 1 aliphatic heterocycles. The minimum absolute atomic E-state index is 0.468. The third-order valence-electron chi connectivity index (χ3n) is 5.64. The smallest absolute Gasteiger partial charge is 0.255 e. The number of pyridine rings is 2. The van der Waals surface area contributed by atoms with Crippen LogP contribution in [0.5, 0.6) is 0 Å². The fourth-order valence-corrected chi connectivity index (χ4v) is 4.60. The van der Waals surface area contributed by atoms with Gasteiger partial charge in [0.15, 0.2) is 0 Å². The summed E-state index contributed by atoms with van der Waals surface area (Å²) in [6, 6.07) is 17.6. The maximum absolute atomic E-state index is 4.83. The van der Waals surface area contributed by atoms with Crippen molar-refractivity contribution in [3.05, 3.63) is 65.9 Å². The summed E-state index contributed by atoms with van der Waals surface area (Å²) in [6.07, 6.45) is 1.92. The topological polar surface area (TPSA) is 21.9 Å². The van der Waals surface area contributed by atoms with Gasteiger partial charge in [-0.05, 0) is 41.8 Å². The van der Waals surface area contributed by atoms with E-state index in [1.807, 2.05) is 6.20 Å². The lowest BCUT2D eigenvalue weighted by molar-refractivity contribution is -0.570. The first kappa shape index (κ1) is 13.4. The van der Waals surface area contributed by atoms with Crippen LogP contribution in [-0.4, -0.2) is 9.67 Å². The minimum Gasteiger partial charge on any atom is -0.255 e. The van der Waals surface area contributed by atoms with Crippen LogP contribution >= 0.6 is 0 Å². The van der Waals surface area contributed by atoms with Crippen molar-refractivity contribution in [2.24, 2.45) is 0 Å². The quantitative estimate of drug-likeness (QED) is 0.321. The molecule has 6 rings (SSSR count). The highest BCUT2D eigenvalue weighted by Gasteiger charge is 2.34. The van der Waals surface area contributed by atoms with Crippen molar-refractivity contribution in [3.8, 4) is 0 Å². The highest BCUT2D eigenvalue weighted by molar-refractivity contribution is 6.15. The number of benzene rings is 2. The molecule has 0 radical (unpaired) electrons. The highest BCUT2D eigenvalue weighted by atomic mass is 15.4. The van der Waals surface area contributed by atoms with Gasteiger partial charge in [0.2, 0.25) is 0 Å². The molecule has 0 unspecified atom stereocenters. The molecule has 4 heterocycles. The van der Waals surface area contributed by atoms with Crippen LogP contribution in [0.1, 0.15) is 30.9 Å². The van der Waals surface area contributed by atoms with Crippen molar-refractivity contribution in [3.63, 3.8) is 0 Å². The second kappa shape index (κ2) is 4.37. The summed E-state index contributed by atoms with van der Waals surface area (Å²) < 4.78 is 4.85. The first-order valence-corrected chi connectivity index (χ1v) is 8.91. The van der Waals surface area contributed by atoms with E-state index in [1.54, 1.807) is 0 Å². The van der Waals surface area contributed by atoms with Gasteiger partial charge in [-0.25, -0.2) is 0 Å². The zero-order valence-corrected chi connectivity index (χ0v) is 14.3. The Morgan fingerprint density at radius 2 is 1.80 bits per heavy atom. The van der Waals surface area contributed by atoms with Crippen molar-refractivity contribution in [2.45, 2.75) is 26.3 Å². The van der Waals surface area contributed by atoms with Gasteiger partial charge in [-0.3, -0.25) is 4.98 Å². The average Bonchev–Trinajstić information content (AvgIpc) is 3.16. The molecule has 3 heteroatoms. The van der Waals surface area contributed by atoms with Crippen LogP contribution in [0.25, 0.3) is 38.2 Å². The molecule has 0 bridgehead atoms. The largest absolute Gasteiger partial charge is 0.255 e. The summed E-state index contributed by atoms with van der Waals surface area (Å²) in [5, 5.41) is 3.87. The maximum Gasteiger partial charge on any atom is 0.255 e. The molecular weight excluding hydrogens is 306 g/mol. The Kier molecular flexibility index (Phi) is 2.33. The SMILES string of the molecule is CC(C)c1ccc2c3c1c1ncccc1c1c4ccccc4n([n+]31)C2. The van der Waals surface area contributed by atoms with Gasteiger partial charge in [-0.1, -0.05) is 36.6 Å². The molecule has 0 aliphatic carbocycles. The van der Waals surface area contributed by atoms with Crippen LogP contribution in [0.2, 0.25) is 0 Å². The molecule has 3 nitrogen and oxygen atoms in total. The Balaban J connectivity index is 2.06. The van der Waals surface area contributed by atoms with Gasteiger partial charge in [0.25, 0.3) is 11.0 Å². The lowest BCUT2D eigenvalue weighted by Gasteiger charge is -2.10. The first-order chi connectivity index (χ1) is 12.3. The number of hydrogen-bond donors (Lipinski definition) is 0. The van der Waals surface area contributed by atoms with E-state index in [0.717, 1.165) is 12.1 Å². The summed E-state index contributed by atoms with van der Waals surface area (Å²) >= 11 is 0. The molecule has 2 aromatic carbocycles. The van der Waals surface area contributed by atoms with Crippen LogP contribution < -0.4 is 4.52 Å². The number of para-hydroxylation sites is 1. The van der Waals surface area contributed by atoms with E-state index < -0.39 is 0 Å². The van der Waals surface area contributed by atoms with E-state index in [4.69, 9.17) is 4.98 Å². The van der Waals surface area contributed by atoms with Gasteiger partial charge in [0.1, 0.15) is 12.1 Å². The predicted molar refractivity (Wildman–Crippen MR) is 101 cm³/mol. The third kappa shape index (κ3) is 1.47. The second-order valence-electron chi connectivity index (χ2n) is 7.33. The van der Waals surface area contributed by atoms with E-state index >= 15 is 0 Å². The Morgan fingerprint density at radius 1 is 0.960 bits per heavy atom. The van der Waals surface area contributed by atoms with E-state index in [9.17, 15) is 0 Å². The predicted octanol–water partition coefficient (Wildman–Crippen LogP) is 4.57. The van der Waals surface area contributed by atoms with Gasteiger partial charge in [0, 0.05) is 6.20 Å². The van der Waals surface area contributed by atoms with Crippen molar-refractivity contribution in [1.29, 1.82) is 0 Å². The van der Waals surface area contributed by atoms with E-state index in [-0.39, 0.29) is 0 Å². The van der Waals surface area contributed by atoms with Gasteiger partial charge in [0.05, 0.1) is 27.2 Å².